The van der Waals surface area contributed by atoms with Gasteiger partial charge in [-0.1, -0.05) is 23.2 Å². The molecule has 30 heavy (non-hydrogen) atoms. The second-order valence-electron chi connectivity index (χ2n) is 6.50. The molecule has 3 heterocycles. The average molecular weight is 434 g/mol. The Hall–Kier alpha value is -3.41. The maximum atomic E-state index is 6.08. The normalized spacial score (nSPS) is 11.5. The number of fused-ring (bicyclic) bond motifs is 1. The molecule has 2 aromatic carbocycles. The number of oxazole rings is 1. The number of aliphatic imine (C=N–C) groups is 1. The Kier molecular flexibility index (Phi) is 4.83. The van der Waals surface area contributed by atoms with E-state index in [2.05, 4.69) is 15.0 Å². The number of hydrogen-bond donors (Lipinski definition) is 0. The van der Waals surface area contributed by atoms with Gasteiger partial charge in [0, 0.05) is 23.5 Å². The smallest absolute Gasteiger partial charge is 0.227 e. The number of aromatic nitrogens is 2. The summed E-state index contributed by atoms with van der Waals surface area (Å²) in [6, 6.07) is 18.4. The SMILES string of the molecule is Clc1ccc(-c2ccc(C=Nc3ccc4oc(-c5ccncc5)nc4c3)o2)cc1Cl. The number of rotatable bonds is 4. The summed E-state index contributed by atoms with van der Waals surface area (Å²) in [6.45, 7) is 0. The summed E-state index contributed by atoms with van der Waals surface area (Å²) in [4.78, 5) is 13.0. The third kappa shape index (κ3) is 3.73. The molecule has 0 amide bonds. The minimum Gasteiger partial charge on any atom is -0.455 e. The molecule has 0 spiro atoms. The van der Waals surface area contributed by atoms with Crippen molar-refractivity contribution in [3.63, 3.8) is 0 Å². The highest BCUT2D eigenvalue weighted by Gasteiger charge is 2.09. The Bertz CT molecular complexity index is 1370. The van der Waals surface area contributed by atoms with Gasteiger partial charge in [0.2, 0.25) is 5.89 Å². The predicted molar refractivity (Wildman–Crippen MR) is 119 cm³/mol. The van der Waals surface area contributed by atoms with Gasteiger partial charge in [-0.3, -0.25) is 9.98 Å². The summed E-state index contributed by atoms with van der Waals surface area (Å²) >= 11 is 12.1. The summed E-state index contributed by atoms with van der Waals surface area (Å²) in [6.07, 6.45) is 5.07. The standard InChI is InChI=1S/C23H13Cl2N3O2/c24-18-4-1-15(11-19(18)25)21-6-3-17(29-21)13-27-16-2-5-22-20(12-16)28-23(30-22)14-7-9-26-10-8-14/h1-13H. The molecular formula is C23H13Cl2N3O2. The molecule has 0 aliphatic rings. The van der Waals surface area contributed by atoms with Gasteiger partial charge in [-0.15, -0.1) is 0 Å². The number of furan rings is 1. The van der Waals surface area contributed by atoms with E-state index < -0.39 is 0 Å². The van der Waals surface area contributed by atoms with E-state index in [9.17, 15) is 0 Å². The van der Waals surface area contributed by atoms with Crippen LogP contribution in [-0.4, -0.2) is 16.2 Å². The number of nitrogens with zero attached hydrogens (tertiary/aromatic N) is 3. The van der Waals surface area contributed by atoms with Crippen LogP contribution in [0.15, 0.2) is 86.9 Å². The molecule has 0 saturated carbocycles. The predicted octanol–water partition coefficient (Wildman–Crippen LogP) is 7.21. The largest absolute Gasteiger partial charge is 0.455 e. The third-order valence-corrected chi connectivity index (χ3v) is 5.21. The Morgan fingerprint density at radius 1 is 0.800 bits per heavy atom. The van der Waals surface area contributed by atoms with Crippen LogP contribution in [-0.2, 0) is 0 Å². The lowest BCUT2D eigenvalue weighted by molar-refractivity contribution is 0.575. The van der Waals surface area contributed by atoms with E-state index in [0.29, 0.717) is 33.0 Å². The lowest BCUT2D eigenvalue weighted by Gasteiger charge is -1.99. The molecule has 5 aromatic rings. The second kappa shape index (κ2) is 7.78. The summed E-state index contributed by atoms with van der Waals surface area (Å²) < 4.78 is 11.7. The van der Waals surface area contributed by atoms with Crippen LogP contribution in [0.5, 0.6) is 0 Å². The Morgan fingerprint density at radius 3 is 2.50 bits per heavy atom. The van der Waals surface area contributed by atoms with E-state index in [-0.39, 0.29) is 0 Å². The summed E-state index contributed by atoms with van der Waals surface area (Å²) in [5.74, 6) is 1.85. The number of benzene rings is 2. The van der Waals surface area contributed by atoms with Gasteiger partial charge in [0.25, 0.3) is 0 Å². The van der Waals surface area contributed by atoms with E-state index >= 15 is 0 Å². The topological polar surface area (TPSA) is 64.4 Å². The zero-order chi connectivity index (χ0) is 20.5. The fourth-order valence-electron chi connectivity index (χ4n) is 2.98. The van der Waals surface area contributed by atoms with Crippen LogP contribution in [0.25, 0.3) is 33.9 Å². The van der Waals surface area contributed by atoms with Gasteiger partial charge in [0.05, 0.1) is 21.9 Å². The fourth-order valence-corrected chi connectivity index (χ4v) is 3.28. The van der Waals surface area contributed by atoms with Crippen LogP contribution in [0.3, 0.4) is 0 Å². The van der Waals surface area contributed by atoms with E-state index in [1.807, 2.05) is 48.5 Å². The highest BCUT2D eigenvalue weighted by Crippen LogP contribution is 2.30. The molecular weight excluding hydrogens is 421 g/mol. The molecule has 0 unspecified atom stereocenters. The lowest BCUT2D eigenvalue weighted by Crippen LogP contribution is -1.77. The van der Waals surface area contributed by atoms with E-state index in [1.54, 1.807) is 30.7 Å². The van der Waals surface area contributed by atoms with Gasteiger partial charge in [-0.25, -0.2) is 4.98 Å². The Labute approximate surface area is 181 Å². The van der Waals surface area contributed by atoms with Crippen molar-refractivity contribution in [2.75, 3.05) is 0 Å². The zero-order valence-electron chi connectivity index (χ0n) is 15.4. The van der Waals surface area contributed by atoms with Crippen LogP contribution in [0.1, 0.15) is 5.76 Å². The Morgan fingerprint density at radius 2 is 1.67 bits per heavy atom. The van der Waals surface area contributed by atoms with Gasteiger partial charge in [-0.05, 0) is 60.7 Å². The first-order valence-electron chi connectivity index (χ1n) is 9.06. The first-order valence-corrected chi connectivity index (χ1v) is 9.82. The highest BCUT2D eigenvalue weighted by molar-refractivity contribution is 6.42. The Balaban J connectivity index is 1.39. The fraction of sp³-hybridized carbons (Fsp3) is 0. The van der Waals surface area contributed by atoms with Crippen molar-refractivity contribution in [2.24, 2.45) is 4.99 Å². The quantitative estimate of drug-likeness (QED) is 0.281. The van der Waals surface area contributed by atoms with Crippen LogP contribution < -0.4 is 0 Å². The maximum absolute atomic E-state index is 6.08. The van der Waals surface area contributed by atoms with Gasteiger partial charge in [0.15, 0.2) is 5.58 Å². The highest BCUT2D eigenvalue weighted by atomic mass is 35.5. The van der Waals surface area contributed by atoms with E-state index in [1.165, 1.54) is 0 Å². The molecule has 3 aromatic heterocycles. The van der Waals surface area contributed by atoms with Crippen molar-refractivity contribution in [2.45, 2.75) is 0 Å². The zero-order valence-corrected chi connectivity index (χ0v) is 16.9. The molecule has 5 nitrogen and oxygen atoms in total. The average Bonchev–Trinajstić information content (AvgIpc) is 3.41. The van der Waals surface area contributed by atoms with Crippen LogP contribution in [0.2, 0.25) is 10.0 Å². The van der Waals surface area contributed by atoms with Crippen LogP contribution in [0, 0.1) is 0 Å². The summed E-state index contributed by atoms with van der Waals surface area (Å²) in [7, 11) is 0. The van der Waals surface area contributed by atoms with Crippen molar-refractivity contribution in [1.82, 2.24) is 9.97 Å². The van der Waals surface area contributed by atoms with Gasteiger partial charge in [0.1, 0.15) is 17.0 Å². The lowest BCUT2D eigenvalue weighted by atomic mass is 10.2. The minimum atomic E-state index is 0.479. The van der Waals surface area contributed by atoms with E-state index in [0.717, 1.165) is 22.3 Å². The van der Waals surface area contributed by atoms with Crippen LogP contribution >= 0.6 is 23.2 Å². The first kappa shape index (κ1) is 18.6. The third-order valence-electron chi connectivity index (χ3n) is 4.47. The molecule has 5 rings (SSSR count). The molecule has 0 radical (unpaired) electrons. The maximum Gasteiger partial charge on any atom is 0.227 e. The molecule has 0 fully saturated rings. The number of pyridine rings is 1. The summed E-state index contributed by atoms with van der Waals surface area (Å²) in [5, 5.41) is 0.983. The van der Waals surface area contributed by atoms with Crippen molar-refractivity contribution in [1.29, 1.82) is 0 Å². The van der Waals surface area contributed by atoms with Gasteiger partial charge in [-0.2, -0.15) is 0 Å². The molecule has 146 valence electrons. The molecule has 0 bridgehead atoms. The van der Waals surface area contributed by atoms with Crippen molar-refractivity contribution < 1.29 is 8.83 Å². The van der Waals surface area contributed by atoms with Crippen molar-refractivity contribution >= 4 is 46.2 Å². The first-order chi connectivity index (χ1) is 14.7. The molecule has 7 heteroatoms. The molecule has 0 saturated heterocycles. The number of halogens is 2. The monoisotopic (exact) mass is 433 g/mol. The van der Waals surface area contributed by atoms with Gasteiger partial charge >= 0.3 is 0 Å². The molecule has 0 aliphatic carbocycles. The second-order valence-corrected chi connectivity index (χ2v) is 7.31. The van der Waals surface area contributed by atoms with Gasteiger partial charge < -0.3 is 8.83 Å². The molecule has 0 atom stereocenters. The van der Waals surface area contributed by atoms with Crippen molar-refractivity contribution in [3.05, 3.63) is 88.9 Å². The number of hydrogen-bond acceptors (Lipinski definition) is 5. The summed E-state index contributed by atoms with van der Waals surface area (Å²) in [5.41, 5.74) is 3.88. The van der Waals surface area contributed by atoms with E-state index in [4.69, 9.17) is 32.0 Å². The van der Waals surface area contributed by atoms with Crippen LogP contribution in [0.4, 0.5) is 5.69 Å². The molecule has 0 aliphatic heterocycles. The minimum absolute atomic E-state index is 0.479. The molecule has 0 N–H and O–H groups in total. The van der Waals surface area contributed by atoms with Crippen molar-refractivity contribution in [3.8, 4) is 22.8 Å².